The van der Waals surface area contributed by atoms with Crippen molar-refractivity contribution >= 4 is 22.8 Å². The maximum Gasteiger partial charge on any atom is 0.239 e. The van der Waals surface area contributed by atoms with Gasteiger partial charge in [-0.25, -0.2) is 22.5 Å². The minimum absolute atomic E-state index is 0.140. The Labute approximate surface area is 209 Å². The van der Waals surface area contributed by atoms with Gasteiger partial charge in [0.05, 0.1) is 28.8 Å². The molecule has 5 rings (SSSR count). The van der Waals surface area contributed by atoms with Crippen LogP contribution in [0.2, 0.25) is 0 Å². The summed E-state index contributed by atoms with van der Waals surface area (Å²) in [7, 11) is 0. The molecule has 0 saturated heterocycles. The maximum atomic E-state index is 13.9. The number of pyridine rings is 2. The lowest BCUT2D eigenvalue weighted by Crippen LogP contribution is -2.23. The molecule has 2 aromatic carbocycles. The summed E-state index contributed by atoms with van der Waals surface area (Å²) in [5.74, 6) is -2.78. The van der Waals surface area contributed by atoms with Crippen LogP contribution in [0.15, 0.2) is 85.2 Å². The fourth-order valence-corrected chi connectivity index (χ4v) is 4.29. The van der Waals surface area contributed by atoms with Gasteiger partial charge in [0, 0.05) is 29.8 Å². The van der Waals surface area contributed by atoms with Gasteiger partial charge < -0.3 is 10.3 Å². The number of aromatic amines is 1. The van der Waals surface area contributed by atoms with Crippen LogP contribution in [0.1, 0.15) is 17.9 Å². The lowest BCUT2D eigenvalue weighted by molar-refractivity contribution is -0.118. The van der Waals surface area contributed by atoms with Crippen LogP contribution in [0.25, 0.3) is 33.4 Å². The zero-order valence-electron chi connectivity index (χ0n) is 19.3. The van der Waals surface area contributed by atoms with Crippen molar-refractivity contribution in [3.63, 3.8) is 0 Å². The highest BCUT2D eigenvalue weighted by Crippen LogP contribution is 2.38. The molecule has 0 fully saturated rings. The van der Waals surface area contributed by atoms with Crippen LogP contribution in [0, 0.1) is 11.6 Å². The maximum absolute atomic E-state index is 13.9. The summed E-state index contributed by atoms with van der Waals surface area (Å²) in [6.07, 6.45) is -0.857. The Balaban J connectivity index is 1.52. The molecule has 37 heavy (non-hydrogen) atoms. The third-order valence-electron chi connectivity index (χ3n) is 5.97. The Hall–Kier alpha value is -4.53. The van der Waals surface area contributed by atoms with E-state index in [2.05, 4.69) is 20.3 Å². The van der Waals surface area contributed by atoms with Gasteiger partial charge in [0.15, 0.2) is 0 Å². The van der Waals surface area contributed by atoms with E-state index >= 15 is 0 Å². The first-order chi connectivity index (χ1) is 17.9. The highest BCUT2D eigenvalue weighted by molar-refractivity contribution is 6.02. The van der Waals surface area contributed by atoms with Gasteiger partial charge in [-0.1, -0.05) is 42.5 Å². The van der Waals surface area contributed by atoms with Gasteiger partial charge in [0.2, 0.25) is 12.3 Å². The Morgan fingerprint density at radius 3 is 2.38 bits per heavy atom. The van der Waals surface area contributed by atoms with Crippen molar-refractivity contribution in [2.24, 2.45) is 0 Å². The molecule has 0 bridgehead atoms. The van der Waals surface area contributed by atoms with E-state index in [1.54, 1.807) is 12.1 Å². The van der Waals surface area contributed by atoms with E-state index in [1.807, 2.05) is 30.3 Å². The van der Waals surface area contributed by atoms with E-state index < -0.39 is 36.3 Å². The number of fused-ring (bicyclic) bond motifs is 1. The Morgan fingerprint density at radius 1 is 0.892 bits per heavy atom. The number of carbonyl (C=O) groups excluding carboxylic acids is 1. The van der Waals surface area contributed by atoms with Crippen LogP contribution in [0.3, 0.4) is 0 Å². The van der Waals surface area contributed by atoms with Crippen LogP contribution in [0.5, 0.6) is 0 Å². The van der Waals surface area contributed by atoms with Crippen molar-refractivity contribution < 1.29 is 22.4 Å². The summed E-state index contributed by atoms with van der Waals surface area (Å²) in [6.45, 7) is 0. The van der Waals surface area contributed by atoms with Crippen molar-refractivity contribution in [1.29, 1.82) is 0 Å². The number of hydrogen-bond acceptors (Lipinski definition) is 3. The van der Waals surface area contributed by atoms with Gasteiger partial charge in [0.25, 0.3) is 0 Å². The van der Waals surface area contributed by atoms with Gasteiger partial charge in [-0.2, -0.15) is 0 Å². The molecule has 0 aliphatic heterocycles. The first-order valence-electron chi connectivity index (χ1n) is 11.4. The number of aromatic nitrogens is 3. The monoisotopic (exact) mass is 504 g/mol. The first kappa shape index (κ1) is 24.2. The van der Waals surface area contributed by atoms with Crippen LogP contribution < -0.4 is 5.32 Å². The minimum Gasteiger partial charge on any atom is -0.353 e. The van der Waals surface area contributed by atoms with Gasteiger partial charge in [-0.05, 0) is 35.4 Å². The molecule has 0 saturated carbocycles. The summed E-state index contributed by atoms with van der Waals surface area (Å²) < 4.78 is 53.8. The second kappa shape index (κ2) is 10.2. The Kier molecular flexibility index (Phi) is 6.68. The standard InChI is InChI=1S/C28H20F4N4O/c29-19-8-6-16(7-9-19)21(14-23(31)32)28(37)36-24-12-18(10-11-33-24)26-25(17-4-2-1-3-5-17)27-22(35-26)13-20(30)15-34-27/h1-13,15,21,23,35H,14H2,(H,33,36,37)/t21-/m1/s1. The third-order valence-corrected chi connectivity index (χ3v) is 5.97. The van der Waals surface area contributed by atoms with E-state index in [-0.39, 0.29) is 11.4 Å². The van der Waals surface area contributed by atoms with Crippen molar-refractivity contribution in [2.45, 2.75) is 18.8 Å². The topological polar surface area (TPSA) is 70.7 Å². The second-order valence-corrected chi connectivity index (χ2v) is 8.44. The molecule has 5 aromatic rings. The number of H-pyrrole nitrogens is 1. The zero-order chi connectivity index (χ0) is 25.9. The predicted molar refractivity (Wildman–Crippen MR) is 133 cm³/mol. The smallest absolute Gasteiger partial charge is 0.239 e. The number of hydrogen-bond donors (Lipinski definition) is 2. The number of nitrogens with zero attached hydrogens (tertiary/aromatic N) is 2. The number of amides is 1. The number of anilines is 1. The number of rotatable bonds is 7. The average molecular weight is 504 g/mol. The van der Waals surface area contributed by atoms with E-state index in [0.29, 0.717) is 22.3 Å². The fraction of sp³-hybridized carbons (Fsp3) is 0.107. The molecule has 1 atom stereocenters. The normalized spacial score (nSPS) is 12.1. The molecule has 0 aliphatic carbocycles. The number of carbonyl (C=O) groups is 1. The molecule has 0 spiro atoms. The number of halogens is 4. The van der Waals surface area contributed by atoms with Crippen LogP contribution in [0.4, 0.5) is 23.4 Å². The third kappa shape index (κ3) is 5.20. The molecule has 2 N–H and O–H groups in total. The summed E-state index contributed by atoms with van der Waals surface area (Å²) in [4.78, 5) is 24.7. The van der Waals surface area contributed by atoms with E-state index in [0.717, 1.165) is 29.5 Å². The summed E-state index contributed by atoms with van der Waals surface area (Å²) in [5.41, 5.74) is 4.16. The van der Waals surface area contributed by atoms with Gasteiger partial charge in [-0.3, -0.25) is 9.78 Å². The zero-order valence-corrected chi connectivity index (χ0v) is 19.3. The average Bonchev–Trinajstić information content (AvgIpc) is 3.27. The molecule has 0 unspecified atom stereocenters. The van der Waals surface area contributed by atoms with Crippen molar-refractivity contribution in [1.82, 2.24) is 15.0 Å². The first-order valence-corrected chi connectivity index (χ1v) is 11.4. The number of benzene rings is 2. The van der Waals surface area contributed by atoms with Crippen LogP contribution >= 0.6 is 0 Å². The predicted octanol–water partition coefficient (Wildman–Crippen LogP) is 6.95. The van der Waals surface area contributed by atoms with Gasteiger partial charge in [0.1, 0.15) is 17.5 Å². The Morgan fingerprint density at radius 2 is 1.65 bits per heavy atom. The molecule has 9 heteroatoms. The summed E-state index contributed by atoms with van der Waals surface area (Å²) in [6, 6.07) is 18.9. The van der Waals surface area contributed by atoms with E-state index in [9.17, 15) is 22.4 Å². The molecule has 3 aromatic heterocycles. The molecule has 0 aliphatic rings. The molecule has 0 radical (unpaired) electrons. The lowest BCUT2D eigenvalue weighted by atomic mass is 9.95. The fourth-order valence-electron chi connectivity index (χ4n) is 4.29. The highest BCUT2D eigenvalue weighted by atomic mass is 19.3. The van der Waals surface area contributed by atoms with Gasteiger partial charge in [-0.15, -0.1) is 0 Å². The summed E-state index contributed by atoms with van der Waals surface area (Å²) in [5, 5.41) is 2.61. The van der Waals surface area contributed by atoms with Crippen molar-refractivity contribution in [3.8, 4) is 22.4 Å². The number of nitrogens with one attached hydrogen (secondary N) is 2. The minimum atomic E-state index is -2.74. The molecule has 3 heterocycles. The molecular weight excluding hydrogens is 484 g/mol. The SMILES string of the molecule is O=C(Nc1cc(-c2[nH]c3cc(F)cnc3c2-c2ccccc2)ccn1)[C@H](CC(F)F)c1ccc(F)cc1. The summed E-state index contributed by atoms with van der Waals surface area (Å²) >= 11 is 0. The largest absolute Gasteiger partial charge is 0.353 e. The van der Waals surface area contributed by atoms with E-state index in [1.165, 1.54) is 24.4 Å². The molecular formula is C28H20F4N4O. The van der Waals surface area contributed by atoms with Gasteiger partial charge >= 0.3 is 0 Å². The highest BCUT2D eigenvalue weighted by Gasteiger charge is 2.25. The van der Waals surface area contributed by atoms with Crippen molar-refractivity contribution in [3.05, 3.63) is 102 Å². The number of alkyl halides is 2. The lowest BCUT2D eigenvalue weighted by Gasteiger charge is -2.17. The molecule has 1 amide bonds. The molecule has 186 valence electrons. The van der Waals surface area contributed by atoms with Crippen LogP contribution in [-0.4, -0.2) is 27.3 Å². The van der Waals surface area contributed by atoms with Crippen molar-refractivity contribution in [2.75, 3.05) is 5.32 Å². The van der Waals surface area contributed by atoms with E-state index in [4.69, 9.17) is 0 Å². The molecule has 5 nitrogen and oxygen atoms in total. The van der Waals surface area contributed by atoms with Crippen LogP contribution in [-0.2, 0) is 4.79 Å². The quantitative estimate of drug-likeness (QED) is 0.236. The Bertz CT molecular complexity index is 1550. The second-order valence-electron chi connectivity index (χ2n) is 8.44.